The van der Waals surface area contributed by atoms with Crippen LogP contribution in [0.5, 0.6) is 0 Å². The number of hydrogen-bond acceptors (Lipinski definition) is 5. The van der Waals surface area contributed by atoms with E-state index in [1.54, 1.807) is 6.92 Å². The van der Waals surface area contributed by atoms with Gasteiger partial charge in [-0.3, -0.25) is 4.79 Å². The Hall–Kier alpha value is -2.63. The van der Waals surface area contributed by atoms with Crippen LogP contribution in [-0.2, 0) is 16.0 Å². The molecule has 2 aromatic rings. The Morgan fingerprint density at radius 2 is 1.92 bits per heavy atom. The molecule has 0 bridgehead atoms. The molecule has 0 atom stereocenters. The molecule has 0 unspecified atom stereocenters. The number of carbonyl (C=O) groups is 2. The van der Waals surface area contributed by atoms with Gasteiger partial charge in [-0.15, -0.1) is 0 Å². The molecule has 0 aliphatic carbocycles. The summed E-state index contributed by atoms with van der Waals surface area (Å²) in [5.74, 6) is -0.180. The van der Waals surface area contributed by atoms with Gasteiger partial charge in [0.05, 0.1) is 5.69 Å². The Bertz CT molecular complexity index is 717. The highest BCUT2D eigenvalue weighted by molar-refractivity contribution is 5.96. The van der Waals surface area contributed by atoms with Crippen molar-refractivity contribution in [1.82, 2.24) is 5.16 Å². The molecule has 0 spiro atoms. The highest BCUT2D eigenvalue weighted by atomic mass is 16.5. The average molecular weight is 330 g/mol. The summed E-state index contributed by atoms with van der Waals surface area (Å²) in [4.78, 5) is 24.0. The molecule has 128 valence electrons. The third kappa shape index (κ3) is 4.22. The van der Waals surface area contributed by atoms with Gasteiger partial charge in [0, 0.05) is 5.69 Å². The maximum atomic E-state index is 12.1. The van der Waals surface area contributed by atoms with E-state index in [-0.39, 0.29) is 6.61 Å². The third-order valence-electron chi connectivity index (χ3n) is 3.67. The van der Waals surface area contributed by atoms with Crippen molar-refractivity contribution >= 4 is 17.6 Å². The lowest BCUT2D eigenvalue weighted by molar-refractivity contribution is -0.119. The van der Waals surface area contributed by atoms with Gasteiger partial charge in [-0.1, -0.05) is 38.1 Å². The first kappa shape index (κ1) is 17.7. The number of aromatic nitrogens is 1. The molecule has 0 aliphatic heterocycles. The number of amides is 1. The minimum absolute atomic E-state index is 0.298. The summed E-state index contributed by atoms with van der Waals surface area (Å²) in [7, 11) is 0. The Kier molecular flexibility index (Phi) is 5.73. The van der Waals surface area contributed by atoms with E-state index in [0.717, 1.165) is 0 Å². The summed E-state index contributed by atoms with van der Waals surface area (Å²) in [6, 6.07) is 7.57. The van der Waals surface area contributed by atoms with Gasteiger partial charge in [-0.05, 0) is 37.0 Å². The summed E-state index contributed by atoms with van der Waals surface area (Å²) < 4.78 is 10.0. The van der Waals surface area contributed by atoms with Crippen molar-refractivity contribution < 1.29 is 18.8 Å². The Morgan fingerprint density at radius 3 is 2.50 bits per heavy atom. The molecule has 24 heavy (non-hydrogen) atoms. The van der Waals surface area contributed by atoms with Crippen molar-refractivity contribution in [3.05, 3.63) is 46.8 Å². The zero-order chi connectivity index (χ0) is 17.7. The van der Waals surface area contributed by atoms with Crippen molar-refractivity contribution in [2.45, 2.75) is 40.0 Å². The van der Waals surface area contributed by atoms with Crippen LogP contribution in [0.1, 0.15) is 54.1 Å². The number of benzene rings is 1. The molecule has 0 saturated heterocycles. The van der Waals surface area contributed by atoms with Crippen molar-refractivity contribution in [1.29, 1.82) is 0 Å². The molecule has 1 aromatic heterocycles. The van der Waals surface area contributed by atoms with Crippen LogP contribution >= 0.6 is 0 Å². The van der Waals surface area contributed by atoms with E-state index in [2.05, 4.69) is 24.3 Å². The quantitative estimate of drug-likeness (QED) is 0.820. The van der Waals surface area contributed by atoms with Crippen molar-refractivity contribution in [3.63, 3.8) is 0 Å². The molecule has 2 rings (SSSR count). The molecule has 0 saturated carbocycles. The summed E-state index contributed by atoms with van der Waals surface area (Å²) in [5, 5.41) is 6.49. The number of nitrogens with zero attached hydrogens (tertiary/aromatic N) is 1. The fourth-order valence-corrected chi connectivity index (χ4v) is 2.27. The fraction of sp³-hybridized carbons (Fsp3) is 0.389. The van der Waals surface area contributed by atoms with Crippen molar-refractivity contribution in [3.8, 4) is 0 Å². The number of anilines is 1. The molecule has 0 fully saturated rings. The van der Waals surface area contributed by atoms with Gasteiger partial charge < -0.3 is 14.6 Å². The van der Waals surface area contributed by atoms with Crippen LogP contribution in [0.25, 0.3) is 0 Å². The molecule has 0 radical (unpaired) electrons. The van der Waals surface area contributed by atoms with E-state index >= 15 is 0 Å². The maximum absolute atomic E-state index is 12.1. The van der Waals surface area contributed by atoms with Gasteiger partial charge in [-0.2, -0.15) is 0 Å². The summed E-state index contributed by atoms with van der Waals surface area (Å²) >= 11 is 0. The predicted molar refractivity (Wildman–Crippen MR) is 90.1 cm³/mol. The van der Waals surface area contributed by atoms with E-state index in [9.17, 15) is 9.59 Å². The molecule has 0 aliphatic rings. The largest absolute Gasteiger partial charge is 0.452 e. The fourth-order valence-electron chi connectivity index (χ4n) is 2.27. The molecular formula is C18H22N2O4. The number of esters is 1. The molecule has 1 amide bonds. The Labute approximate surface area is 141 Å². The van der Waals surface area contributed by atoms with Gasteiger partial charge in [0.2, 0.25) is 0 Å². The zero-order valence-corrected chi connectivity index (χ0v) is 14.4. The smallest absolute Gasteiger partial charge is 0.344 e. The number of hydrogen-bond donors (Lipinski definition) is 1. The first-order valence-electron chi connectivity index (χ1n) is 7.94. The second kappa shape index (κ2) is 7.77. The van der Waals surface area contributed by atoms with Gasteiger partial charge in [0.1, 0.15) is 11.3 Å². The van der Waals surface area contributed by atoms with Crippen LogP contribution < -0.4 is 5.32 Å². The van der Waals surface area contributed by atoms with Crippen LogP contribution in [0, 0.1) is 6.92 Å². The lowest BCUT2D eigenvalue weighted by Gasteiger charge is -2.09. The van der Waals surface area contributed by atoms with Gasteiger partial charge in [0.15, 0.2) is 6.61 Å². The van der Waals surface area contributed by atoms with E-state index in [0.29, 0.717) is 35.0 Å². The monoisotopic (exact) mass is 330 g/mol. The van der Waals surface area contributed by atoms with E-state index in [1.807, 2.05) is 31.2 Å². The van der Waals surface area contributed by atoms with Crippen molar-refractivity contribution in [2.24, 2.45) is 0 Å². The third-order valence-corrected chi connectivity index (χ3v) is 3.67. The molecule has 6 nitrogen and oxygen atoms in total. The van der Waals surface area contributed by atoms with E-state index in [4.69, 9.17) is 9.26 Å². The number of nitrogens with one attached hydrogen (secondary N) is 1. The summed E-state index contributed by atoms with van der Waals surface area (Å²) in [6.07, 6.45) is 0.552. The molecule has 1 aromatic carbocycles. The summed E-state index contributed by atoms with van der Waals surface area (Å²) in [6.45, 7) is 7.34. The highest BCUT2D eigenvalue weighted by Crippen LogP contribution is 2.17. The van der Waals surface area contributed by atoms with E-state index in [1.165, 1.54) is 5.56 Å². The molecular weight excluding hydrogens is 308 g/mol. The Balaban J connectivity index is 1.91. The minimum atomic E-state index is -0.601. The van der Waals surface area contributed by atoms with E-state index < -0.39 is 11.9 Å². The van der Waals surface area contributed by atoms with Crippen LogP contribution in [0.3, 0.4) is 0 Å². The Morgan fingerprint density at radius 1 is 1.25 bits per heavy atom. The minimum Gasteiger partial charge on any atom is -0.452 e. The number of ether oxygens (including phenoxy) is 1. The zero-order valence-electron chi connectivity index (χ0n) is 14.4. The second-order valence-corrected chi connectivity index (χ2v) is 5.82. The molecule has 1 N–H and O–H groups in total. The molecule has 1 heterocycles. The lowest BCUT2D eigenvalue weighted by Crippen LogP contribution is -2.21. The first-order chi connectivity index (χ1) is 11.4. The van der Waals surface area contributed by atoms with Gasteiger partial charge in [0.25, 0.3) is 5.91 Å². The van der Waals surface area contributed by atoms with Crippen LogP contribution in [0.15, 0.2) is 28.8 Å². The topological polar surface area (TPSA) is 81.4 Å². The van der Waals surface area contributed by atoms with Gasteiger partial charge in [-0.25, -0.2) is 4.79 Å². The average Bonchev–Trinajstić information content (AvgIpc) is 2.94. The van der Waals surface area contributed by atoms with Crippen molar-refractivity contribution in [2.75, 3.05) is 11.9 Å². The van der Waals surface area contributed by atoms with Crippen LogP contribution in [0.4, 0.5) is 5.69 Å². The number of carbonyl (C=O) groups excluding carboxylic acids is 2. The van der Waals surface area contributed by atoms with Crippen LogP contribution in [-0.4, -0.2) is 23.6 Å². The maximum Gasteiger partial charge on any atom is 0.344 e. The SMILES string of the molecule is CCc1noc(C)c1C(=O)OCC(=O)Nc1ccc(C(C)C)cc1. The molecule has 6 heteroatoms. The number of aryl methyl sites for hydroxylation is 2. The summed E-state index contributed by atoms with van der Waals surface area (Å²) in [5.41, 5.74) is 2.68. The van der Waals surface area contributed by atoms with Crippen LogP contribution in [0.2, 0.25) is 0 Å². The lowest BCUT2D eigenvalue weighted by atomic mass is 10.0. The normalized spacial score (nSPS) is 10.7. The number of rotatable bonds is 6. The first-order valence-corrected chi connectivity index (χ1v) is 7.94. The predicted octanol–water partition coefficient (Wildman–Crippen LogP) is 3.46. The van der Waals surface area contributed by atoms with Gasteiger partial charge >= 0.3 is 5.97 Å². The highest BCUT2D eigenvalue weighted by Gasteiger charge is 2.21. The standard InChI is InChI=1S/C18H22N2O4/c1-5-15-17(12(4)24-20-15)18(22)23-10-16(21)19-14-8-6-13(7-9-14)11(2)3/h6-9,11H,5,10H2,1-4H3,(H,19,21). The second-order valence-electron chi connectivity index (χ2n) is 5.82.